The number of nitrogens with two attached hydrogens (primary N) is 1. The van der Waals surface area contributed by atoms with Crippen molar-refractivity contribution in [2.75, 3.05) is 0 Å². The molecule has 0 heterocycles. The Bertz CT molecular complexity index is 94.3. The number of hydrogen-bond donors (Lipinski definition) is 2. The first kappa shape index (κ1) is 12.9. The molecule has 0 aliphatic rings. The van der Waals surface area contributed by atoms with Gasteiger partial charge in [0, 0.05) is 6.04 Å². The van der Waals surface area contributed by atoms with E-state index in [0.717, 1.165) is 32.1 Å². The van der Waals surface area contributed by atoms with Crippen LogP contribution in [0.4, 0.5) is 0 Å². The predicted octanol–water partition coefficient (Wildman–Crippen LogP) is 2.45. The molecule has 0 radical (unpaired) electrons. The lowest BCUT2D eigenvalue weighted by molar-refractivity contribution is 0.141. The van der Waals surface area contributed by atoms with Gasteiger partial charge in [0.25, 0.3) is 0 Å². The summed E-state index contributed by atoms with van der Waals surface area (Å²) in [6.07, 6.45) is 7.21. The van der Waals surface area contributed by atoms with Gasteiger partial charge in [-0.25, -0.2) is 0 Å². The number of rotatable bonds is 8. The minimum Gasteiger partial charge on any atom is -0.393 e. The fourth-order valence-corrected chi connectivity index (χ4v) is 1.49. The van der Waals surface area contributed by atoms with E-state index in [-0.39, 0.29) is 12.1 Å². The molecule has 3 N–H and O–H groups in total. The fraction of sp³-hybridized carbons (Fsp3) is 1.00. The van der Waals surface area contributed by atoms with Gasteiger partial charge in [0.15, 0.2) is 0 Å². The molecule has 0 aromatic heterocycles. The Kier molecular flexibility index (Phi) is 8.46. The van der Waals surface area contributed by atoms with Gasteiger partial charge < -0.3 is 10.8 Å². The second kappa shape index (κ2) is 8.52. The van der Waals surface area contributed by atoms with Crippen molar-refractivity contribution in [2.45, 2.75) is 70.9 Å². The maximum Gasteiger partial charge on any atom is 0.0555 e. The molecule has 2 heteroatoms. The number of aliphatic hydroxyl groups is 1. The molecular formula is C11H25NO. The molecule has 0 rings (SSSR count). The summed E-state index contributed by atoms with van der Waals surface area (Å²) in [5, 5.41) is 9.57. The highest BCUT2D eigenvalue weighted by molar-refractivity contribution is 4.67. The van der Waals surface area contributed by atoms with Crippen LogP contribution in [-0.2, 0) is 0 Å². The van der Waals surface area contributed by atoms with Crippen LogP contribution in [0.15, 0.2) is 0 Å². The highest BCUT2D eigenvalue weighted by Crippen LogP contribution is 2.09. The quantitative estimate of drug-likeness (QED) is 0.613. The Morgan fingerprint density at radius 1 is 1.08 bits per heavy atom. The van der Waals surface area contributed by atoms with Gasteiger partial charge in [0.2, 0.25) is 0 Å². The van der Waals surface area contributed by atoms with E-state index in [1.807, 2.05) is 0 Å². The molecule has 0 aliphatic carbocycles. The lowest BCUT2D eigenvalue weighted by atomic mass is 10.0. The van der Waals surface area contributed by atoms with Crippen LogP contribution in [-0.4, -0.2) is 17.3 Å². The molecule has 2 atom stereocenters. The summed E-state index contributed by atoms with van der Waals surface area (Å²) < 4.78 is 0. The van der Waals surface area contributed by atoms with Crippen LogP contribution in [0.25, 0.3) is 0 Å². The van der Waals surface area contributed by atoms with Crippen molar-refractivity contribution in [2.24, 2.45) is 5.73 Å². The van der Waals surface area contributed by atoms with Gasteiger partial charge >= 0.3 is 0 Å². The maximum absolute atomic E-state index is 9.57. The molecule has 80 valence electrons. The first-order valence-corrected chi connectivity index (χ1v) is 5.64. The third-order valence-electron chi connectivity index (χ3n) is 2.39. The second-order valence-electron chi connectivity index (χ2n) is 3.93. The van der Waals surface area contributed by atoms with Crippen LogP contribution < -0.4 is 5.73 Å². The molecule has 0 bridgehead atoms. The number of hydrogen-bond acceptors (Lipinski definition) is 2. The highest BCUT2D eigenvalue weighted by atomic mass is 16.3. The predicted molar refractivity (Wildman–Crippen MR) is 57.6 cm³/mol. The monoisotopic (exact) mass is 187 g/mol. The van der Waals surface area contributed by atoms with Crippen LogP contribution in [0.5, 0.6) is 0 Å². The molecule has 0 saturated carbocycles. The summed E-state index contributed by atoms with van der Waals surface area (Å²) in [6.45, 7) is 4.31. The Morgan fingerprint density at radius 3 is 2.15 bits per heavy atom. The summed E-state index contributed by atoms with van der Waals surface area (Å²) in [4.78, 5) is 0. The highest BCUT2D eigenvalue weighted by Gasteiger charge is 2.09. The molecule has 0 aliphatic heterocycles. The van der Waals surface area contributed by atoms with Crippen LogP contribution in [0.3, 0.4) is 0 Å². The molecule has 2 nitrogen and oxygen atoms in total. The maximum atomic E-state index is 9.57. The van der Waals surface area contributed by atoms with Crippen LogP contribution >= 0.6 is 0 Å². The van der Waals surface area contributed by atoms with Crippen molar-refractivity contribution < 1.29 is 5.11 Å². The Morgan fingerprint density at radius 2 is 1.62 bits per heavy atom. The van der Waals surface area contributed by atoms with E-state index < -0.39 is 0 Å². The third kappa shape index (κ3) is 8.26. The first-order chi connectivity index (χ1) is 6.20. The molecule has 0 fully saturated rings. The van der Waals surface area contributed by atoms with E-state index in [9.17, 15) is 5.11 Å². The zero-order valence-corrected chi connectivity index (χ0v) is 9.13. The van der Waals surface area contributed by atoms with Gasteiger partial charge in [0.05, 0.1) is 6.10 Å². The topological polar surface area (TPSA) is 46.2 Å². The zero-order chi connectivity index (χ0) is 10.1. The number of unbranched alkanes of at least 4 members (excludes halogenated alkanes) is 2. The molecule has 0 spiro atoms. The smallest absolute Gasteiger partial charge is 0.0555 e. The van der Waals surface area contributed by atoms with Crippen molar-refractivity contribution in [3.8, 4) is 0 Å². The lowest BCUT2D eigenvalue weighted by Gasteiger charge is -2.15. The Hall–Kier alpha value is -0.0800. The molecule has 0 unspecified atom stereocenters. The average Bonchev–Trinajstić information content (AvgIpc) is 2.11. The number of aliphatic hydroxyl groups excluding tert-OH is 1. The van der Waals surface area contributed by atoms with E-state index in [0.29, 0.717) is 0 Å². The van der Waals surface area contributed by atoms with Gasteiger partial charge in [-0.3, -0.25) is 0 Å². The largest absolute Gasteiger partial charge is 0.393 e. The third-order valence-corrected chi connectivity index (χ3v) is 2.39. The van der Waals surface area contributed by atoms with Crippen LogP contribution in [0, 0.1) is 0 Å². The minimum absolute atomic E-state index is 0.174. The second-order valence-corrected chi connectivity index (χ2v) is 3.93. The Labute approximate surface area is 82.5 Å². The molecular weight excluding hydrogens is 162 g/mol. The summed E-state index contributed by atoms with van der Waals surface area (Å²) in [6, 6.07) is 0.201. The van der Waals surface area contributed by atoms with Gasteiger partial charge in [-0.05, 0) is 19.3 Å². The molecule has 0 aromatic rings. The van der Waals surface area contributed by atoms with Crippen LogP contribution in [0.2, 0.25) is 0 Å². The minimum atomic E-state index is -0.174. The van der Waals surface area contributed by atoms with Crippen molar-refractivity contribution in [1.29, 1.82) is 0 Å². The van der Waals surface area contributed by atoms with E-state index in [4.69, 9.17) is 5.73 Å². The van der Waals surface area contributed by atoms with Crippen molar-refractivity contribution in [3.05, 3.63) is 0 Å². The van der Waals surface area contributed by atoms with E-state index in [2.05, 4.69) is 13.8 Å². The van der Waals surface area contributed by atoms with Crippen LogP contribution in [0.1, 0.15) is 58.8 Å². The zero-order valence-electron chi connectivity index (χ0n) is 9.13. The van der Waals surface area contributed by atoms with E-state index >= 15 is 0 Å². The summed E-state index contributed by atoms with van der Waals surface area (Å²) in [5.74, 6) is 0. The summed E-state index contributed by atoms with van der Waals surface area (Å²) in [7, 11) is 0. The fourth-order valence-electron chi connectivity index (χ4n) is 1.49. The summed E-state index contributed by atoms with van der Waals surface area (Å²) >= 11 is 0. The van der Waals surface area contributed by atoms with Gasteiger partial charge in [-0.1, -0.05) is 39.5 Å². The molecule has 13 heavy (non-hydrogen) atoms. The van der Waals surface area contributed by atoms with Gasteiger partial charge in [-0.2, -0.15) is 0 Å². The lowest BCUT2D eigenvalue weighted by Crippen LogP contribution is -2.26. The average molecular weight is 187 g/mol. The van der Waals surface area contributed by atoms with E-state index in [1.54, 1.807) is 0 Å². The van der Waals surface area contributed by atoms with Gasteiger partial charge in [-0.15, -0.1) is 0 Å². The molecule has 0 amide bonds. The molecule has 0 aromatic carbocycles. The standard InChI is InChI=1S/C11H25NO/c1-3-5-7-10(12)9-11(13)8-6-4-2/h10-11,13H,3-9,12H2,1-2H3/t10-,11-/m1/s1. The van der Waals surface area contributed by atoms with Gasteiger partial charge in [0.1, 0.15) is 0 Å². The summed E-state index contributed by atoms with van der Waals surface area (Å²) in [5.41, 5.74) is 5.87. The first-order valence-electron chi connectivity index (χ1n) is 5.64. The van der Waals surface area contributed by atoms with Crippen molar-refractivity contribution in [3.63, 3.8) is 0 Å². The van der Waals surface area contributed by atoms with Crippen molar-refractivity contribution >= 4 is 0 Å². The molecule has 0 saturated heterocycles. The SMILES string of the molecule is CCCC[C@@H](N)C[C@H](O)CCCC. The van der Waals surface area contributed by atoms with E-state index in [1.165, 1.54) is 12.8 Å². The normalized spacial score (nSPS) is 15.7. The van der Waals surface area contributed by atoms with Crippen molar-refractivity contribution in [1.82, 2.24) is 0 Å². The Balaban J connectivity index is 3.35.